The first-order valence-corrected chi connectivity index (χ1v) is 8.01. The summed E-state index contributed by atoms with van der Waals surface area (Å²) >= 11 is 3.46. The summed E-state index contributed by atoms with van der Waals surface area (Å²) in [5.41, 5.74) is 1.67. The van der Waals surface area contributed by atoms with E-state index in [-0.39, 0.29) is 24.4 Å². The lowest BCUT2D eigenvalue weighted by atomic mass is 10.1. The number of benzene rings is 1. The maximum absolute atomic E-state index is 12.8. The fourth-order valence-corrected chi connectivity index (χ4v) is 3.23. The Kier molecular flexibility index (Phi) is 5.20. The molecular weight excluding hydrogens is 368 g/mol. The molecular formula is C16H20BrClN2O2. The summed E-state index contributed by atoms with van der Waals surface area (Å²) in [6.07, 6.45) is 0. The van der Waals surface area contributed by atoms with Crippen LogP contribution in [0.3, 0.4) is 0 Å². The van der Waals surface area contributed by atoms with Crippen LogP contribution in [0, 0.1) is 6.92 Å². The van der Waals surface area contributed by atoms with Crippen LogP contribution in [0.1, 0.15) is 30.0 Å². The number of nitrogens with zero attached hydrogens (tertiary/aromatic N) is 1. The number of furan rings is 1. The van der Waals surface area contributed by atoms with Gasteiger partial charge < -0.3 is 14.6 Å². The summed E-state index contributed by atoms with van der Waals surface area (Å²) < 4.78 is 6.81. The van der Waals surface area contributed by atoms with Gasteiger partial charge in [0.05, 0.1) is 0 Å². The second-order valence-electron chi connectivity index (χ2n) is 5.68. The molecule has 3 rings (SSSR count). The molecule has 1 amide bonds. The summed E-state index contributed by atoms with van der Waals surface area (Å²) in [5, 5.41) is 4.38. The Hall–Kier alpha value is -1.04. The van der Waals surface area contributed by atoms with Gasteiger partial charge in [0.2, 0.25) is 0 Å². The number of aryl methyl sites for hydroxylation is 1. The van der Waals surface area contributed by atoms with Crippen molar-refractivity contribution >= 4 is 45.2 Å². The zero-order chi connectivity index (χ0) is 15.1. The third-order valence-electron chi connectivity index (χ3n) is 4.39. The van der Waals surface area contributed by atoms with Gasteiger partial charge in [0, 0.05) is 40.6 Å². The van der Waals surface area contributed by atoms with Gasteiger partial charge in [-0.2, -0.15) is 0 Å². The molecule has 2 heterocycles. The molecule has 2 atom stereocenters. The molecule has 120 valence electrons. The van der Waals surface area contributed by atoms with E-state index in [1.165, 1.54) is 0 Å². The predicted molar refractivity (Wildman–Crippen MR) is 93.9 cm³/mol. The van der Waals surface area contributed by atoms with E-state index in [0.717, 1.165) is 27.6 Å². The molecule has 2 unspecified atom stereocenters. The maximum Gasteiger partial charge on any atom is 0.290 e. The summed E-state index contributed by atoms with van der Waals surface area (Å²) in [6.45, 7) is 7.66. The second-order valence-corrected chi connectivity index (χ2v) is 6.59. The molecule has 1 saturated heterocycles. The molecule has 0 aliphatic carbocycles. The Bertz CT molecular complexity index is 701. The minimum Gasteiger partial charge on any atom is -0.451 e. The topological polar surface area (TPSA) is 45.5 Å². The van der Waals surface area contributed by atoms with Gasteiger partial charge in [0.25, 0.3) is 5.91 Å². The molecule has 1 fully saturated rings. The van der Waals surface area contributed by atoms with E-state index in [0.29, 0.717) is 18.3 Å². The number of rotatable bonds is 1. The highest BCUT2D eigenvalue weighted by Crippen LogP contribution is 2.29. The average Bonchev–Trinajstić information content (AvgIpc) is 2.78. The molecule has 0 bridgehead atoms. The Morgan fingerprint density at radius 2 is 2.14 bits per heavy atom. The Balaban J connectivity index is 0.00000176. The maximum atomic E-state index is 12.8. The van der Waals surface area contributed by atoms with Crippen LogP contribution in [-0.2, 0) is 0 Å². The van der Waals surface area contributed by atoms with Crippen molar-refractivity contribution in [3.05, 3.63) is 34.0 Å². The van der Waals surface area contributed by atoms with Crippen molar-refractivity contribution in [3.8, 4) is 0 Å². The zero-order valence-corrected chi connectivity index (χ0v) is 15.3. The molecule has 22 heavy (non-hydrogen) atoms. The van der Waals surface area contributed by atoms with E-state index in [4.69, 9.17) is 4.42 Å². The van der Waals surface area contributed by atoms with E-state index in [2.05, 4.69) is 35.1 Å². The highest BCUT2D eigenvalue weighted by Gasteiger charge is 2.31. The van der Waals surface area contributed by atoms with Crippen molar-refractivity contribution in [2.45, 2.75) is 32.9 Å². The van der Waals surface area contributed by atoms with Crippen LogP contribution >= 0.6 is 28.3 Å². The number of hydrogen-bond donors (Lipinski definition) is 1. The van der Waals surface area contributed by atoms with Crippen molar-refractivity contribution < 1.29 is 9.21 Å². The predicted octanol–water partition coefficient (Wildman–Crippen LogP) is 3.75. The summed E-state index contributed by atoms with van der Waals surface area (Å²) in [4.78, 5) is 14.7. The van der Waals surface area contributed by atoms with Crippen LogP contribution in [-0.4, -0.2) is 36.0 Å². The van der Waals surface area contributed by atoms with Crippen molar-refractivity contribution in [2.75, 3.05) is 13.1 Å². The summed E-state index contributed by atoms with van der Waals surface area (Å²) in [6, 6.07) is 6.27. The Morgan fingerprint density at radius 1 is 1.41 bits per heavy atom. The van der Waals surface area contributed by atoms with Gasteiger partial charge in [0.15, 0.2) is 5.76 Å². The first kappa shape index (κ1) is 17.3. The van der Waals surface area contributed by atoms with Gasteiger partial charge in [0.1, 0.15) is 5.58 Å². The molecule has 1 aromatic carbocycles. The standard InChI is InChI=1S/C16H19BrN2O2.ClH/c1-9-13-8-12(17)4-5-14(13)21-15(9)16(20)19-7-6-18-10(2)11(19)3;/h4-5,8,10-11,18H,6-7H2,1-3H3;1H. The minimum atomic E-state index is -0.0133. The summed E-state index contributed by atoms with van der Waals surface area (Å²) in [5.74, 6) is 0.449. The minimum absolute atomic E-state index is 0. The zero-order valence-electron chi connectivity index (χ0n) is 12.9. The van der Waals surface area contributed by atoms with Crippen molar-refractivity contribution in [1.82, 2.24) is 10.2 Å². The molecule has 0 spiro atoms. The summed E-state index contributed by atoms with van der Waals surface area (Å²) in [7, 11) is 0. The molecule has 6 heteroatoms. The van der Waals surface area contributed by atoms with Gasteiger partial charge >= 0.3 is 0 Å². The average molecular weight is 388 g/mol. The van der Waals surface area contributed by atoms with Crippen LogP contribution in [0.5, 0.6) is 0 Å². The van der Waals surface area contributed by atoms with Gasteiger partial charge in [-0.1, -0.05) is 15.9 Å². The van der Waals surface area contributed by atoms with E-state index < -0.39 is 0 Å². The smallest absolute Gasteiger partial charge is 0.290 e. The van der Waals surface area contributed by atoms with Crippen LogP contribution in [0.15, 0.2) is 27.1 Å². The number of fused-ring (bicyclic) bond motifs is 1. The van der Waals surface area contributed by atoms with Gasteiger partial charge in [-0.15, -0.1) is 12.4 Å². The van der Waals surface area contributed by atoms with Crippen molar-refractivity contribution in [3.63, 3.8) is 0 Å². The van der Waals surface area contributed by atoms with E-state index in [1.807, 2.05) is 30.0 Å². The number of nitrogens with one attached hydrogen (secondary N) is 1. The third-order valence-corrected chi connectivity index (χ3v) is 4.88. The first-order valence-electron chi connectivity index (χ1n) is 7.22. The van der Waals surface area contributed by atoms with Crippen LogP contribution < -0.4 is 5.32 Å². The largest absolute Gasteiger partial charge is 0.451 e. The number of carbonyl (C=O) groups is 1. The van der Waals surface area contributed by atoms with E-state index in [9.17, 15) is 4.79 Å². The van der Waals surface area contributed by atoms with Crippen LogP contribution in [0.4, 0.5) is 0 Å². The highest BCUT2D eigenvalue weighted by molar-refractivity contribution is 9.10. The number of piperazine rings is 1. The number of hydrogen-bond acceptors (Lipinski definition) is 3. The fraction of sp³-hybridized carbons (Fsp3) is 0.438. The molecule has 1 aromatic heterocycles. The first-order chi connectivity index (χ1) is 9.99. The Labute approximate surface area is 144 Å². The normalized spacial score (nSPS) is 21.7. The Morgan fingerprint density at radius 3 is 2.86 bits per heavy atom. The quantitative estimate of drug-likeness (QED) is 0.810. The fourth-order valence-electron chi connectivity index (χ4n) is 2.87. The third kappa shape index (κ3) is 2.90. The van der Waals surface area contributed by atoms with Crippen molar-refractivity contribution in [2.24, 2.45) is 0 Å². The highest BCUT2D eigenvalue weighted by atomic mass is 79.9. The van der Waals surface area contributed by atoms with Gasteiger partial charge in [-0.25, -0.2) is 0 Å². The molecule has 1 aliphatic heterocycles. The second kappa shape index (κ2) is 6.60. The number of carbonyl (C=O) groups excluding carboxylic acids is 1. The number of amides is 1. The van der Waals surface area contributed by atoms with Crippen LogP contribution in [0.2, 0.25) is 0 Å². The van der Waals surface area contributed by atoms with Gasteiger partial charge in [-0.3, -0.25) is 4.79 Å². The molecule has 1 aliphatic rings. The lowest BCUT2D eigenvalue weighted by Gasteiger charge is -2.38. The number of halogens is 2. The molecule has 1 N–H and O–H groups in total. The monoisotopic (exact) mass is 386 g/mol. The SMILES string of the molecule is Cc1c(C(=O)N2CCNC(C)C2C)oc2ccc(Br)cc12.Cl. The lowest BCUT2D eigenvalue weighted by molar-refractivity contribution is 0.0572. The van der Waals surface area contributed by atoms with Crippen molar-refractivity contribution in [1.29, 1.82) is 0 Å². The molecule has 0 saturated carbocycles. The molecule has 0 radical (unpaired) electrons. The van der Waals surface area contributed by atoms with E-state index >= 15 is 0 Å². The van der Waals surface area contributed by atoms with Crippen LogP contribution in [0.25, 0.3) is 11.0 Å². The van der Waals surface area contributed by atoms with E-state index in [1.54, 1.807) is 0 Å². The lowest BCUT2D eigenvalue weighted by Crippen LogP contribution is -2.57. The van der Waals surface area contributed by atoms with Gasteiger partial charge in [-0.05, 0) is 39.0 Å². The molecule has 2 aromatic rings. The molecule has 4 nitrogen and oxygen atoms in total.